The van der Waals surface area contributed by atoms with Gasteiger partial charge in [-0.15, -0.1) is 0 Å². The van der Waals surface area contributed by atoms with Crippen molar-refractivity contribution in [1.29, 1.82) is 0 Å². The second-order valence-corrected chi connectivity index (χ2v) is 7.33. The number of allylic oxidation sites excluding steroid dienone is 3. The van der Waals surface area contributed by atoms with E-state index in [4.69, 9.17) is 0 Å². The lowest BCUT2D eigenvalue weighted by Crippen LogP contribution is -2.24. The van der Waals surface area contributed by atoms with Crippen LogP contribution in [-0.2, 0) is 9.59 Å². The molecule has 0 fully saturated rings. The lowest BCUT2D eigenvalue weighted by atomic mass is 9.85. The van der Waals surface area contributed by atoms with Gasteiger partial charge in [-0.2, -0.15) is 5.10 Å². The average molecular weight is 367 g/mol. The molecule has 2 rings (SSSR count). The highest BCUT2D eigenvalue weighted by atomic mass is 16.2. The summed E-state index contributed by atoms with van der Waals surface area (Å²) in [6.07, 6.45) is 4.09. The maximum Gasteiger partial charge on any atom is 0.240 e. The molecule has 0 aromatic heterocycles. The zero-order chi connectivity index (χ0) is 20.0. The van der Waals surface area contributed by atoms with Gasteiger partial charge >= 0.3 is 0 Å². The highest BCUT2D eigenvalue weighted by molar-refractivity contribution is 6.01. The Balaban J connectivity index is 1.83. The van der Waals surface area contributed by atoms with Crippen molar-refractivity contribution >= 4 is 23.2 Å². The second kappa shape index (κ2) is 9.31. The molecule has 2 N–H and O–H groups in total. The number of amides is 2. The third-order valence-electron chi connectivity index (χ3n) is 4.85. The topological polar surface area (TPSA) is 70.6 Å². The number of hydrogen-bond acceptors (Lipinski definition) is 3. The second-order valence-electron chi connectivity index (χ2n) is 7.33. The molecule has 1 aromatic rings. The predicted octanol–water partition coefficient (Wildman–Crippen LogP) is 4.43. The summed E-state index contributed by atoms with van der Waals surface area (Å²) < 4.78 is 0. The summed E-state index contributed by atoms with van der Waals surface area (Å²) in [5.74, 6) is -0.0720. The largest absolute Gasteiger partial charge is 0.326 e. The minimum atomic E-state index is -0.261. The maximum absolute atomic E-state index is 12.1. The van der Waals surface area contributed by atoms with E-state index >= 15 is 0 Å². The molecule has 1 aliphatic rings. The zero-order valence-electron chi connectivity index (χ0n) is 16.7. The molecule has 0 saturated heterocycles. The molecule has 5 nitrogen and oxygen atoms in total. The minimum Gasteiger partial charge on any atom is -0.326 e. The van der Waals surface area contributed by atoms with E-state index in [1.54, 1.807) is 0 Å². The maximum atomic E-state index is 12.1. The van der Waals surface area contributed by atoms with Gasteiger partial charge in [-0.1, -0.05) is 35.9 Å². The molecule has 144 valence electrons. The molecule has 1 aliphatic carbocycles. The molecule has 0 unspecified atom stereocenters. The van der Waals surface area contributed by atoms with E-state index in [9.17, 15) is 9.59 Å². The Morgan fingerprint density at radius 1 is 1.19 bits per heavy atom. The first-order chi connectivity index (χ1) is 12.8. The van der Waals surface area contributed by atoms with Crippen molar-refractivity contribution in [2.75, 3.05) is 5.32 Å². The third kappa shape index (κ3) is 6.20. The van der Waals surface area contributed by atoms with Crippen LogP contribution in [0.25, 0.3) is 0 Å². The fourth-order valence-electron chi connectivity index (χ4n) is 3.00. The van der Waals surface area contributed by atoms with Gasteiger partial charge in [0.05, 0.1) is 5.71 Å². The van der Waals surface area contributed by atoms with E-state index in [0.29, 0.717) is 5.92 Å². The van der Waals surface area contributed by atoms with Gasteiger partial charge < -0.3 is 5.32 Å². The van der Waals surface area contributed by atoms with E-state index < -0.39 is 0 Å². The van der Waals surface area contributed by atoms with Crippen molar-refractivity contribution < 1.29 is 9.59 Å². The van der Waals surface area contributed by atoms with Gasteiger partial charge in [0.1, 0.15) is 0 Å². The van der Waals surface area contributed by atoms with Crippen LogP contribution in [0.5, 0.6) is 0 Å². The molecule has 1 aromatic carbocycles. The molecule has 0 aliphatic heterocycles. The Bertz CT molecular complexity index is 806. The summed E-state index contributed by atoms with van der Waals surface area (Å²) in [6.45, 7) is 12.0. The quantitative estimate of drug-likeness (QED) is 0.577. The molecule has 27 heavy (non-hydrogen) atoms. The Hall–Kier alpha value is -2.69. The van der Waals surface area contributed by atoms with Crippen LogP contribution in [-0.4, -0.2) is 17.5 Å². The Morgan fingerprint density at radius 2 is 1.89 bits per heavy atom. The van der Waals surface area contributed by atoms with E-state index in [1.807, 2.05) is 45.9 Å². The van der Waals surface area contributed by atoms with Crippen molar-refractivity contribution in [1.82, 2.24) is 5.43 Å². The van der Waals surface area contributed by atoms with E-state index in [-0.39, 0.29) is 24.7 Å². The van der Waals surface area contributed by atoms with Gasteiger partial charge in [-0.3, -0.25) is 9.59 Å². The van der Waals surface area contributed by atoms with Gasteiger partial charge in [0.2, 0.25) is 11.8 Å². The van der Waals surface area contributed by atoms with Crippen molar-refractivity contribution in [2.45, 2.75) is 53.4 Å². The van der Waals surface area contributed by atoms with Crippen molar-refractivity contribution in [3.05, 3.63) is 53.1 Å². The first-order valence-electron chi connectivity index (χ1n) is 9.31. The van der Waals surface area contributed by atoms with Gasteiger partial charge in [-0.05, 0) is 63.7 Å². The standard InChI is InChI=1S/C22H29N3O2/c1-14(2)18-8-7-16(4)20(13-18)24-25-22(27)11-10-21(26)23-19-9-6-15(3)12-17(19)5/h6-7,9,12,18H,1,8,10-11,13H2,2-5H3,(H,23,26)(H,25,27)/b24-20-/t18-/m1/s1. The number of carbonyl (C=O) groups is 2. The number of anilines is 1. The Labute approximate surface area is 161 Å². The van der Waals surface area contributed by atoms with E-state index in [1.165, 1.54) is 0 Å². The summed E-state index contributed by atoms with van der Waals surface area (Å²) >= 11 is 0. The van der Waals surface area contributed by atoms with Crippen molar-refractivity contribution in [2.24, 2.45) is 11.0 Å². The van der Waals surface area contributed by atoms with E-state index in [2.05, 4.69) is 28.5 Å². The molecular formula is C22H29N3O2. The van der Waals surface area contributed by atoms with Gasteiger partial charge in [0, 0.05) is 18.5 Å². The summed E-state index contributed by atoms with van der Waals surface area (Å²) in [5, 5.41) is 7.11. The molecule has 0 bridgehead atoms. The van der Waals surface area contributed by atoms with Gasteiger partial charge in [-0.25, -0.2) is 5.43 Å². The minimum absolute atomic E-state index is 0.0974. The lowest BCUT2D eigenvalue weighted by Gasteiger charge is -2.22. The van der Waals surface area contributed by atoms with Crippen LogP contribution in [0.2, 0.25) is 0 Å². The fourth-order valence-corrected chi connectivity index (χ4v) is 3.00. The van der Waals surface area contributed by atoms with Gasteiger partial charge in [0.25, 0.3) is 0 Å². The van der Waals surface area contributed by atoms with Crippen LogP contribution < -0.4 is 10.7 Å². The predicted molar refractivity (Wildman–Crippen MR) is 111 cm³/mol. The van der Waals surface area contributed by atoms with Crippen molar-refractivity contribution in [3.8, 4) is 0 Å². The zero-order valence-corrected chi connectivity index (χ0v) is 16.7. The van der Waals surface area contributed by atoms with Crippen LogP contribution in [0.15, 0.2) is 47.1 Å². The summed E-state index contributed by atoms with van der Waals surface area (Å²) in [4.78, 5) is 24.1. The number of rotatable bonds is 6. The number of hydrazone groups is 1. The van der Waals surface area contributed by atoms with Crippen LogP contribution in [0.3, 0.4) is 0 Å². The SMILES string of the molecule is C=C(C)[C@@H]1CC=C(C)/C(=N\NC(=O)CCC(=O)Nc2ccc(C)cc2C)C1. The normalized spacial score (nSPS) is 18.0. The Kier molecular flexibility index (Phi) is 7.11. The molecule has 1 atom stereocenters. The highest BCUT2D eigenvalue weighted by Crippen LogP contribution is 2.26. The molecular weight excluding hydrogens is 338 g/mol. The number of aryl methyl sites for hydroxylation is 2. The fraction of sp³-hybridized carbons (Fsp3) is 0.409. The molecule has 0 heterocycles. The first-order valence-corrected chi connectivity index (χ1v) is 9.31. The molecule has 0 radical (unpaired) electrons. The monoisotopic (exact) mass is 367 g/mol. The number of benzene rings is 1. The van der Waals surface area contributed by atoms with Gasteiger partial charge in [0.15, 0.2) is 0 Å². The van der Waals surface area contributed by atoms with E-state index in [0.717, 1.165) is 46.5 Å². The number of hydrogen-bond donors (Lipinski definition) is 2. The van der Waals surface area contributed by atoms with Crippen molar-refractivity contribution in [3.63, 3.8) is 0 Å². The average Bonchev–Trinajstić information content (AvgIpc) is 2.61. The van der Waals surface area contributed by atoms with Crippen LogP contribution in [0.1, 0.15) is 50.7 Å². The number of carbonyl (C=O) groups excluding carboxylic acids is 2. The molecule has 5 heteroatoms. The highest BCUT2D eigenvalue weighted by Gasteiger charge is 2.19. The smallest absolute Gasteiger partial charge is 0.240 e. The molecule has 2 amide bonds. The third-order valence-corrected chi connectivity index (χ3v) is 4.85. The summed E-state index contributed by atoms with van der Waals surface area (Å²) in [7, 11) is 0. The van der Waals surface area contributed by atoms with Crippen LogP contribution in [0.4, 0.5) is 5.69 Å². The van der Waals surface area contributed by atoms with Crippen LogP contribution >= 0.6 is 0 Å². The molecule has 0 spiro atoms. The summed E-state index contributed by atoms with van der Waals surface area (Å²) in [5.41, 5.74) is 8.59. The lowest BCUT2D eigenvalue weighted by molar-refractivity contribution is -0.124. The number of nitrogens with one attached hydrogen (secondary N) is 2. The molecule has 0 saturated carbocycles. The van der Waals surface area contributed by atoms with Crippen LogP contribution in [0, 0.1) is 19.8 Å². The Morgan fingerprint density at radius 3 is 2.56 bits per heavy atom. The number of nitrogens with zero attached hydrogens (tertiary/aromatic N) is 1. The summed E-state index contributed by atoms with van der Waals surface area (Å²) in [6, 6.07) is 5.84. The first kappa shape index (κ1) is 20.6.